The molecule has 1 aliphatic rings. The van der Waals surface area contributed by atoms with Crippen LogP contribution < -0.4 is 5.32 Å². The Kier molecular flexibility index (Phi) is 2.76. The molecular weight excluding hydrogens is 252 g/mol. The third kappa shape index (κ3) is 2.36. The normalized spacial score (nSPS) is 14.5. The smallest absolute Gasteiger partial charge is 0.273 e. The molecule has 0 saturated heterocycles. The van der Waals surface area contributed by atoms with Gasteiger partial charge in [0.2, 0.25) is 0 Å². The van der Waals surface area contributed by atoms with Crippen LogP contribution in [0.15, 0.2) is 30.5 Å². The van der Waals surface area contributed by atoms with Crippen molar-refractivity contribution in [3.05, 3.63) is 41.2 Å². The number of carbonyl (C=O) groups is 1. The van der Waals surface area contributed by atoms with E-state index >= 15 is 0 Å². The van der Waals surface area contributed by atoms with E-state index in [0.717, 1.165) is 18.5 Å². The first-order valence-corrected chi connectivity index (χ1v) is 6.09. The molecule has 1 aromatic carbocycles. The average molecular weight is 263 g/mol. The molecule has 0 atom stereocenters. The van der Waals surface area contributed by atoms with E-state index in [0.29, 0.717) is 16.8 Å². The Morgan fingerprint density at radius 1 is 1.44 bits per heavy atom. The van der Waals surface area contributed by atoms with Gasteiger partial charge < -0.3 is 5.32 Å². The van der Waals surface area contributed by atoms with E-state index in [1.54, 1.807) is 18.3 Å². The molecule has 1 heterocycles. The SMILES string of the molecule is O=C(NC1CC1)c1cn(-c2cccc(Cl)c2)nn1. The molecule has 18 heavy (non-hydrogen) atoms. The lowest BCUT2D eigenvalue weighted by Gasteiger charge is -1.99. The first-order chi connectivity index (χ1) is 8.72. The molecule has 0 aliphatic heterocycles. The summed E-state index contributed by atoms with van der Waals surface area (Å²) in [6.45, 7) is 0. The molecular formula is C12H11ClN4O. The number of hydrogen-bond donors (Lipinski definition) is 1. The summed E-state index contributed by atoms with van der Waals surface area (Å²) in [6, 6.07) is 7.53. The van der Waals surface area contributed by atoms with Gasteiger partial charge in [-0.3, -0.25) is 4.79 Å². The van der Waals surface area contributed by atoms with Gasteiger partial charge in [-0.15, -0.1) is 5.10 Å². The quantitative estimate of drug-likeness (QED) is 0.918. The molecule has 0 spiro atoms. The summed E-state index contributed by atoms with van der Waals surface area (Å²) in [7, 11) is 0. The number of rotatable bonds is 3. The molecule has 1 saturated carbocycles. The molecule has 0 unspecified atom stereocenters. The highest BCUT2D eigenvalue weighted by atomic mass is 35.5. The first kappa shape index (κ1) is 11.2. The van der Waals surface area contributed by atoms with Crippen LogP contribution in [0.4, 0.5) is 0 Å². The molecule has 1 fully saturated rings. The fourth-order valence-corrected chi connectivity index (χ4v) is 1.78. The summed E-state index contributed by atoms with van der Waals surface area (Å²) >= 11 is 5.90. The minimum atomic E-state index is -0.175. The lowest BCUT2D eigenvalue weighted by molar-refractivity contribution is 0.0946. The highest BCUT2D eigenvalue weighted by molar-refractivity contribution is 6.30. The topological polar surface area (TPSA) is 59.8 Å². The molecule has 1 amide bonds. The summed E-state index contributed by atoms with van der Waals surface area (Å²) < 4.78 is 1.54. The number of hydrogen-bond acceptors (Lipinski definition) is 3. The molecule has 3 rings (SSSR count). The standard InChI is InChI=1S/C12H11ClN4O/c13-8-2-1-3-10(6-8)17-7-11(15-16-17)12(18)14-9-4-5-9/h1-3,6-7,9H,4-5H2,(H,14,18). The van der Waals surface area contributed by atoms with E-state index in [1.807, 2.05) is 12.1 Å². The highest BCUT2D eigenvalue weighted by Crippen LogP contribution is 2.19. The fourth-order valence-electron chi connectivity index (χ4n) is 1.60. The van der Waals surface area contributed by atoms with Gasteiger partial charge in [0.05, 0.1) is 11.9 Å². The van der Waals surface area contributed by atoms with Crippen LogP contribution in [0.2, 0.25) is 5.02 Å². The van der Waals surface area contributed by atoms with Crippen LogP contribution in [-0.2, 0) is 0 Å². The van der Waals surface area contributed by atoms with Gasteiger partial charge >= 0.3 is 0 Å². The van der Waals surface area contributed by atoms with Gasteiger partial charge in [-0.2, -0.15) is 0 Å². The van der Waals surface area contributed by atoms with Crippen LogP contribution in [0.5, 0.6) is 0 Å². The van der Waals surface area contributed by atoms with Crippen molar-refractivity contribution < 1.29 is 4.79 Å². The Morgan fingerprint density at radius 3 is 3.00 bits per heavy atom. The van der Waals surface area contributed by atoms with Crippen LogP contribution in [0.25, 0.3) is 5.69 Å². The van der Waals surface area contributed by atoms with E-state index in [-0.39, 0.29) is 5.91 Å². The summed E-state index contributed by atoms with van der Waals surface area (Å²) in [5, 5.41) is 11.3. The second-order valence-corrected chi connectivity index (χ2v) is 4.71. The van der Waals surface area contributed by atoms with Gasteiger partial charge in [0.1, 0.15) is 0 Å². The minimum absolute atomic E-state index is 0.175. The molecule has 5 nitrogen and oxygen atoms in total. The maximum Gasteiger partial charge on any atom is 0.273 e. The van der Waals surface area contributed by atoms with Gasteiger partial charge in [0.25, 0.3) is 5.91 Å². The second kappa shape index (κ2) is 4.42. The Hall–Kier alpha value is -1.88. The zero-order valence-electron chi connectivity index (χ0n) is 9.51. The van der Waals surface area contributed by atoms with E-state index in [4.69, 9.17) is 11.6 Å². The zero-order valence-corrected chi connectivity index (χ0v) is 10.3. The van der Waals surface area contributed by atoms with Crippen molar-refractivity contribution in [2.24, 2.45) is 0 Å². The maximum absolute atomic E-state index is 11.8. The molecule has 92 valence electrons. The molecule has 6 heteroatoms. The van der Waals surface area contributed by atoms with Crippen LogP contribution >= 0.6 is 11.6 Å². The highest BCUT2D eigenvalue weighted by Gasteiger charge is 2.25. The Labute approximate surface area is 109 Å². The number of halogens is 1. The Bertz CT molecular complexity index is 591. The van der Waals surface area contributed by atoms with Gasteiger partial charge in [-0.1, -0.05) is 22.9 Å². The van der Waals surface area contributed by atoms with Crippen molar-refractivity contribution in [2.45, 2.75) is 18.9 Å². The number of nitrogens with one attached hydrogen (secondary N) is 1. The predicted octanol–water partition coefficient (Wildman–Crippen LogP) is 1.81. The van der Waals surface area contributed by atoms with Crippen LogP contribution in [-0.4, -0.2) is 26.9 Å². The van der Waals surface area contributed by atoms with Gasteiger partial charge in [0.15, 0.2) is 5.69 Å². The number of aromatic nitrogens is 3. The average Bonchev–Trinajstić information content (AvgIpc) is 3.03. The number of carbonyl (C=O) groups excluding carboxylic acids is 1. The second-order valence-electron chi connectivity index (χ2n) is 4.28. The number of amides is 1. The Morgan fingerprint density at radius 2 is 2.28 bits per heavy atom. The fraction of sp³-hybridized carbons (Fsp3) is 0.250. The van der Waals surface area contributed by atoms with Crippen molar-refractivity contribution in [2.75, 3.05) is 0 Å². The third-order valence-electron chi connectivity index (χ3n) is 2.71. The summed E-state index contributed by atoms with van der Waals surface area (Å²) in [5.41, 5.74) is 1.10. The van der Waals surface area contributed by atoms with Crippen LogP contribution in [0.3, 0.4) is 0 Å². The number of benzene rings is 1. The molecule has 1 aliphatic carbocycles. The first-order valence-electron chi connectivity index (χ1n) is 5.71. The van der Waals surface area contributed by atoms with Crippen LogP contribution in [0.1, 0.15) is 23.3 Å². The van der Waals surface area contributed by atoms with E-state index in [2.05, 4.69) is 15.6 Å². The van der Waals surface area contributed by atoms with Crippen LogP contribution in [0, 0.1) is 0 Å². The van der Waals surface area contributed by atoms with Gasteiger partial charge in [0, 0.05) is 11.1 Å². The van der Waals surface area contributed by atoms with E-state index in [1.165, 1.54) is 4.68 Å². The molecule has 0 radical (unpaired) electrons. The lowest BCUT2D eigenvalue weighted by Crippen LogP contribution is -2.25. The predicted molar refractivity (Wildman–Crippen MR) is 66.9 cm³/mol. The monoisotopic (exact) mass is 262 g/mol. The molecule has 1 aromatic heterocycles. The van der Waals surface area contributed by atoms with E-state index < -0.39 is 0 Å². The molecule has 0 bridgehead atoms. The lowest BCUT2D eigenvalue weighted by atomic mass is 10.3. The zero-order chi connectivity index (χ0) is 12.5. The molecule has 1 N–H and O–H groups in total. The molecule has 2 aromatic rings. The maximum atomic E-state index is 11.8. The van der Waals surface area contributed by atoms with Crippen molar-refractivity contribution >= 4 is 17.5 Å². The third-order valence-corrected chi connectivity index (χ3v) is 2.95. The van der Waals surface area contributed by atoms with Gasteiger partial charge in [-0.25, -0.2) is 4.68 Å². The van der Waals surface area contributed by atoms with Crippen molar-refractivity contribution in [3.63, 3.8) is 0 Å². The van der Waals surface area contributed by atoms with Crippen molar-refractivity contribution in [1.29, 1.82) is 0 Å². The summed E-state index contributed by atoms with van der Waals surface area (Å²) in [6.07, 6.45) is 3.70. The van der Waals surface area contributed by atoms with E-state index in [9.17, 15) is 4.79 Å². The summed E-state index contributed by atoms with van der Waals surface area (Å²) in [5.74, 6) is -0.175. The minimum Gasteiger partial charge on any atom is -0.348 e. The summed E-state index contributed by atoms with van der Waals surface area (Å²) in [4.78, 5) is 11.8. The number of nitrogens with zero attached hydrogens (tertiary/aromatic N) is 3. The van der Waals surface area contributed by atoms with Gasteiger partial charge in [-0.05, 0) is 31.0 Å². The van der Waals surface area contributed by atoms with Crippen molar-refractivity contribution in [1.82, 2.24) is 20.3 Å². The largest absolute Gasteiger partial charge is 0.348 e. The van der Waals surface area contributed by atoms with Crippen molar-refractivity contribution in [3.8, 4) is 5.69 Å². The Balaban J connectivity index is 1.82.